The summed E-state index contributed by atoms with van der Waals surface area (Å²) >= 11 is 11.4. The summed E-state index contributed by atoms with van der Waals surface area (Å²) in [5.41, 5.74) is 0. The van der Waals surface area contributed by atoms with Gasteiger partial charge in [0.05, 0.1) is 5.02 Å². The molecule has 0 aliphatic carbocycles. The Balaban J connectivity index is 3.19. The number of alkyl halides is 1. The zero-order chi connectivity index (χ0) is 12.3. The lowest BCUT2D eigenvalue weighted by molar-refractivity contribution is 0.273. The maximum absolute atomic E-state index is 11.9. The van der Waals surface area contributed by atoms with Crippen LogP contribution in [0.5, 0.6) is 5.75 Å². The first-order valence-electron chi connectivity index (χ1n) is 4.07. The quantitative estimate of drug-likeness (QED) is 0.921. The Hall–Kier alpha value is -0.560. The molecule has 2 N–H and O–H groups in total. The molecule has 0 saturated carbocycles. The van der Waals surface area contributed by atoms with Crippen molar-refractivity contribution in [1.82, 2.24) is 0 Å². The first-order valence-corrected chi connectivity index (χ1v) is 6.37. The minimum absolute atomic E-state index is 0.108. The standard InChI is InChI=1S/C8H8Cl2FNO3S/c9-7-5(15-4-3-11)1-2-6(8(7)10)16(12,13)14/h1-2H,3-4H2,(H2,12,13,14). The van der Waals surface area contributed by atoms with Gasteiger partial charge in [0.25, 0.3) is 0 Å². The van der Waals surface area contributed by atoms with Gasteiger partial charge in [-0.1, -0.05) is 23.2 Å². The molecule has 0 atom stereocenters. The van der Waals surface area contributed by atoms with Crippen LogP contribution in [0, 0.1) is 0 Å². The molecule has 16 heavy (non-hydrogen) atoms. The van der Waals surface area contributed by atoms with Gasteiger partial charge in [0, 0.05) is 0 Å². The Kier molecular flexibility index (Phi) is 4.37. The second-order valence-electron chi connectivity index (χ2n) is 2.77. The Labute approximate surface area is 102 Å². The highest BCUT2D eigenvalue weighted by Gasteiger charge is 2.18. The zero-order valence-corrected chi connectivity index (χ0v) is 10.2. The van der Waals surface area contributed by atoms with Crippen LogP contribution in [-0.2, 0) is 10.0 Å². The van der Waals surface area contributed by atoms with Crippen LogP contribution in [0.1, 0.15) is 0 Å². The van der Waals surface area contributed by atoms with E-state index in [1.165, 1.54) is 6.07 Å². The summed E-state index contributed by atoms with van der Waals surface area (Å²) in [5.74, 6) is 0.108. The number of benzene rings is 1. The van der Waals surface area contributed by atoms with E-state index in [4.69, 9.17) is 33.1 Å². The molecule has 0 fully saturated rings. The molecular formula is C8H8Cl2FNO3S. The second-order valence-corrected chi connectivity index (χ2v) is 5.06. The maximum Gasteiger partial charge on any atom is 0.239 e. The van der Waals surface area contributed by atoms with Crippen LogP contribution in [-0.4, -0.2) is 21.7 Å². The molecule has 0 amide bonds. The van der Waals surface area contributed by atoms with E-state index >= 15 is 0 Å². The van der Waals surface area contributed by atoms with Crippen LogP contribution in [0.4, 0.5) is 4.39 Å². The van der Waals surface area contributed by atoms with Crippen LogP contribution in [0.3, 0.4) is 0 Å². The highest BCUT2D eigenvalue weighted by Crippen LogP contribution is 2.36. The summed E-state index contributed by atoms with van der Waals surface area (Å²) in [6.07, 6.45) is 0. The molecule has 0 aromatic heterocycles. The molecule has 1 rings (SSSR count). The van der Waals surface area contributed by atoms with E-state index in [2.05, 4.69) is 0 Å². The van der Waals surface area contributed by atoms with E-state index in [1.807, 2.05) is 0 Å². The van der Waals surface area contributed by atoms with Gasteiger partial charge in [0.15, 0.2) is 0 Å². The normalized spacial score (nSPS) is 11.5. The largest absolute Gasteiger partial charge is 0.489 e. The highest BCUT2D eigenvalue weighted by atomic mass is 35.5. The fraction of sp³-hybridized carbons (Fsp3) is 0.250. The number of sulfonamides is 1. The maximum atomic E-state index is 11.9. The molecule has 1 aromatic carbocycles. The van der Waals surface area contributed by atoms with Gasteiger partial charge in [-0.2, -0.15) is 0 Å². The third kappa shape index (κ3) is 2.98. The van der Waals surface area contributed by atoms with Crippen LogP contribution < -0.4 is 9.88 Å². The van der Waals surface area contributed by atoms with E-state index in [9.17, 15) is 12.8 Å². The number of nitrogens with two attached hydrogens (primary N) is 1. The molecule has 0 heterocycles. The predicted molar refractivity (Wildman–Crippen MR) is 59.3 cm³/mol. The molecule has 0 radical (unpaired) electrons. The first kappa shape index (κ1) is 13.5. The number of halogens is 3. The van der Waals surface area contributed by atoms with E-state index in [-0.39, 0.29) is 27.3 Å². The van der Waals surface area contributed by atoms with Crippen LogP contribution in [0.2, 0.25) is 10.0 Å². The average Bonchev–Trinajstić information content (AvgIpc) is 2.18. The topological polar surface area (TPSA) is 69.4 Å². The second kappa shape index (κ2) is 5.18. The van der Waals surface area contributed by atoms with Gasteiger partial charge in [0.1, 0.15) is 28.9 Å². The van der Waals surface area contributed by atoms with Gasteiger partial charge in [-0.15, -0.1) is 0 Å². The minimum Gasteiger partial charge on any atom is -0.489 e. The summed E-state index contributed by atoms with van der Waals surface area (Å²) < 4.78 is 38.9. The van der Waals surface area contributed by atoms with Crippen molar-refractivity contribution < 1.29 is 17.5 Å². The third-order valence-corrected chi connectivity index (χ3v) is 3.58. The van der Waals surface area contributed by atoms with Crippen molar-refractivity contribution in [2.75, 3.05) is 13.3 Å². The lowest BCUT2D eigenvalue weighted by atomic mass is 10.3. The van der Waals surface area contributed by atoms with Crippen molar-refractivity contribution >= 4 is 33.2 Å². The van der Waals surface area contributed by atoms with Crippen molar-refractivity contribution in [3.8, 4) is 5.75 Å². The summed E-state index contributed by atoms with van der Waals surface area (Å²) in [5, 5.41) is 4.56. The molecule has 0 aliphatic heterocycles. The van der Waals surface area contributed by atoms with Crippen LogP contribution in [0.15, 0.2) is 17.0 Å². The van der Waals surface area contributed by atoms with Crippen LogP contribution >= 0.6 is 23.2 Å². The fourth-order valence-electron chi connectivity index (χ4n) is 0.994. The molecule has 0 unspecified atom stereocenters. The van der Waals surface area contributed by atoms with Gasteiger partial charge in [0.2, 0.25) is 10.0 Å². The highest BCUT2D eigenvalue weighted by molar-refractivity contribution is 7.89. The van der Waals surface area contributed by atoms with E-state index in [0.29, 0.717) is 0 Å². The fourth-order valence-corrected chi connectivity index (χ4v) is 2.36. The van der Waals surface area contributed by atoms with Crippen molar-refractivity contribution in [1.29, 1.82) is 0 Å². The number of ether oxygens (including phenoxy) is 1. The van der Waals surface area contributed by atoms with E-state index in [1.54, 1.807) is 0 Å². The van der Waals surface area contributed by atoms with Gasteiger partial charge < -0.3 is 4.74 Å². The average molecular weight is 288 g/mol. The molecule has 90 valence electrons. The zero-order valence-electron chi connectivity index (χ0n) is 7.91. The Morgan fingerprint density at radius 2 is 1.94 bits per heavy atom. The van der Waals surface area contributed by atoms with Crippen molar-refractivity contribution in [3.05, 3.63) is 22.2 Å². The smallest absolute Gasteiger partial charge is 0.239 e. The Morgan fingerprint density at radius 1 is 1.31 bits per heavy atom. The molecule has 0 saturated heterocycles. The SMILES string of the molecule is NS(=O)(=O)c1ccc(OCCF)c(Cl)c1Cl. The van der Waals surface area contributed by atoms with Crippen LogP contribution in [0.25, 0.3) is 0 Å². The molecule has 1 aromatic rings. The van der Waals surface area contributed by atoms with Crippen molar-refractivity contribution in [3.63, 3.8) is 0 Å². The van der Waals surface area contributed by atoms with Crippen molar-refractivity contribution in [2.24, 2.45) is 5.14 Å². The molecule has 8 heteroatoms. The van der Waals surface area contributed by atoms with Gasteiger partial charge >= 0.3 is 0 Å². The molecule has 4 nitrogen and oxygen atoms in total. The summed E-state index contributed by atoms with van der Waals surface area (Å²) in [6.45, 7) is -0.879. The number of primary sulfonamides is 1. The lowest BCUT2D eigenvalue weighted by Gasteiger charge is -2.09. The van der Waals surface area contributed by atoms with Gasteiger partial charge in [-0.25, -0.2) is 17.9 Å². The molecular weight excluding hydrogens is 280 g/mol. The summed E-state index contributed by atoms with van der Waals surface area (Å²) in [6, 6.07) is 2.42. The Morgan fingerprint density at radius 3 is 2.44 bits per heavy atom. The number of hydrogen-bond donors (Lipinski definition) is 1. The molecule has 0 bridgehead atoms. The predicted octanol–water partition coefficient (Wildman–Crippen LogP) is 1.99. The molecule has 0 aliphatic rings. The van der Waals surface area contributed by atoms with Crippen molar-refractivity contribution in [2.45, 2.75) is 4.90 Å². The third-order valence-electron chi connectivity index (χ3n) is 1.65. The minimum atomic E-state index is -3.94. The molecule has 0 spiro atoms. The van der Waals surface area contributed by atoms with E-state index in [0.717, 1.165) is 6.07 Å². The monoisotopic (exact) mass is 287 g/mol. The summed E-state index contributed by atoms with van der Waals surface area (Å²) in [4.78, 5) is -0.299. The van der Waals surface area contributed by atoms with E-state index < -0.39 is 16.7 Å². The summed E-state index contributed by atoms with van der Waals surface area (Å²) in [7, 11) is -3.94. The Bertz CT molecular complexity index is 492. The van der Waals surface area contributed by atoms with Gasteiger partial charge in [-0.05, 0) is 12.1 Å². The number of hydrogen-bond acceptors (Lipinski definition) is 3. The number of rotatable bonds is 4. The lowest BCUT2D eigenvalue weighted by Crippen LogP contribution is -2.13. The van der Waals surface area contributed by atoms with Gasteiger partial charge in [-0.3, -0.25) is 0 Å². The first-order chi connectivity index (χ1) is 7.38.